The van der Waals surface area contributed by atoms with Crippen LogP contribution in [0.15, 0.2) is 12.8 Å². The van der Waals surface area contributed by atoms with Crippen LogP contribution in [0, 0.1) is 0 Å². The Hall–Kier alpha value is 0.450. The molecule has 0 unspecified atom stereocenters. The molecule has 0 aliphatic carbocycles. The summed E-state index contributed by atoms with van der Waals surface area (Å²) >= 11 is 0. The molecule has 0 rings (SSSR count). The molecule has 0 aromatic rings. The van der Waals surface area contributed by atoms with Crippen molar-refractivity contribution in [1.29, 1.82) is 0 Å². The van der Waals surface area contributed by atoms with Crippen molar-refractivity contribution in [1.82, 2.24) is 0 Å². The Morgan fingerprint density at radius 2 is 2.12 bits per heavy atom. The Morgan fingerprint density at radius 1 is 1.75 bits per heavy atom. The number of rotatable bonds is 2. The largest absolute Gasteiger partial charge is 1.00 e. The average Bonchev–Trinajstić information content (AvgIpc) is 1.30. The van der Waals surface area contributed by atoms with Crippen LogP contribution < -0.4 is 29.6 Å². The fourth-order valence-corrected chi connectivity index (χ4v) is 0.258. The summed E-state index contributed by atoms with van der Waals surface area (Å²) in [5.74, 6) is 0. The molecule has 0 radical (unpaired) electrons. The molecule has 0 aliphatic heterocycles. The predicted octanol–water partition coefficient (Wildman–Crippen LogP) is -2.93. The molecule has 0 amide bonds. The Bertz CT molecular complexity index is 152. The van der Waals surface area contributed by atoms with E-state index in [1.54, 1.807) is 0 Å². The Kier molecular flexibility index (Phi) is 6.12. The van der Waals surface area contributed by atoms with Crippen molar-refractivity contribution in [3.05, 3.63) is 12.8 Å². The van der Waals surface area contributed by atoms with Gasteiger partial charge in [-0.2, -0.15) is 8.42 Å². The SMILES string of the molecule is C=COS(=O)(=O)O.[H-].[Na+]. The molecule has 0 bridgehead atoms. The molecule has 0 saturated heterocycles. The van der Waals surface area contributed by atoms with Gasteiger partial charge in [-0.15, -0.1) is 0 Å². The van der Waals surface area contributed by atoms with Gasteiger partial charge in [-0.05, 0) is 0 Å². The summed E-state index contributed by atoms with van der Waals surface area (Å²) in [7, 11) is -4.29. The summed E-state index contributed by atoms with van der Waals surface area (Å²) < 4.78 is 30.2. The fraction of sp³-hybridized carbons (Fsp3) is 0. The van der Waals surface area contributed by atoms with Crippen molar-refractivity contribution in [2.75, 3.05) is 0 Å². The van der Waals surface area contributed by atoms with E-state index >= 15 is 0 Å². The third-order valence-electron chi connectivity index (χ3n) is 0.190. The van der Waals surface area contributed by atoms with Crippen LogP contribution in [0.3, 0.4) is 0 Å². The van der Waals surface area contributed by atoms with Crippen LogP contribution >= 0.6 is 0 Å². The van der Waals surface area contributed by atoms with Crippen LogP contribution in [0.25, 0.3) is 0 Å². The molecule has 6 heteroatoms. The normalized spacial score (nSPS) is 9.12. The molecule has 8 heavy (non-hydrogen) atoms. The first-order valence-corrected chi connectivity index (χ1v) is 2.69. The average molecular weight is 148 g/mol. The van der Waals surface area contributed by atoms with Crippen LogP contribution in [0.1, 0.15) is 1.43 Å². The smallest absolute Gasteiger partial charge is 1.00 e. The number of hydrogen-bond donors (Lipinski definition) is 1. The Labute approximate surface area is 71.3 Å². The fourth-order valence-electron chi connectivity index (χ4n) is 0.0860. The first-order chi connectivity index (χ1) is 3.06. The summed E-state index contributed by atoms with van der Waals surface area (Å²) in [5, 5.41) is 0. The van der Waals surface area contributed by atoms with E-state index in [-0.39, 0.29) is 31.0 Å². The third-order valence-corrected chi connectivity index (χ3v) is 0.569. The summed E-state index contributed by atoms with van der Waals surface area (Å²) in [6.07, 6.45) is 0.620. The summed E-state index contributed by atoms with van der Waals surface area (Å²) in [6, 6.07) is 0. The maximum Gasteiger partial charge on any atom is 1.00 e. The summed E-state index contributed by atoms with van der Waals surface area (Å²) in [4.78, 5) is 0. The van der Waals surface area contributed by atoms with E-state index in [0.717, 1.165) is 0 Å². The van der Waals surface area contributed by atoms with Gasteiger partial charge in [-0.3, -0.25) is 4.55 Å². The van der Waals surface area contributed by atoms with Crippen LogP contribution in [0.2, 0.25) is 0 Å². The van der Waals surface area contributed by atoms with Gasteiger partial charge in [-0.1, -0.05) is 6.58 Å². The first-order valence-electron chi connectivity index (χ1n) is 1.33. The minimum atomic E-state index is -4.29. The third kappa shape index (κ3) is 9.67. The molecule has 0 fully saturated rings. The molecular formula is C2H5NaO4S. The zero-order valence-electron chi connectivity index (χ0n) is 5.36. The minimum absolute atomic E-state index is 0. The first kappa shape index (κ1) is 11.3. The standard InChI is InChI=1S/C2H4O4S.Na.H/c1-2-6-7(3,4)5;;/h2H,1H2,(H,3,4,5);;/q;+1;-1. The van der Waals surface area contributed by atoms with Crippen molar-refractivity contribution in [2.24, 2.45) is 0 Å². The van der Waals surface area contributed by atoms with E-state index in [1.165, 1.54) is 0 Å². The van der Waals surface area contributed by atoms with Crippen molar-refractivity contribution >= 4 is 10.4 Å². The molecule has 4 nitrogen and oxygen atoms in total. The molecule has 44 valence electrons. The molecule has 0 aliphatic rings. The monoisotopic (exact) mass is 148 g/mol. The predicted molar refractivity (Wildman–Crippen MR) is 23.9 cm³/mol. The van der Waals surface area contributed by atoms with E-state index in [1.807, 2.05) is 0 Å². The van der Waals surface area contributed by atoms with Crippen molar-refractivity contribution < 1.29 is 48.1 Å². The van der Waals surface area contributed by atoms with Gasteiger partial charge < -0.3 is 5.61 Å². The molecule has 0 aromatic carbocycles. The van der Waals surface area contributed by atoms with Crippen LogP contribution in [0.5, 0.6) is 0 Å². The second-order valence-corrected chi connectivity index (χ2v) is 1.74. The van der Waals surface area contributed by atoms with Gasteiger partial charge in [-0.25, -0.2) is 0 Å². The maximum atomic E-state index is 9.49. The van der Waals surface area contributed by atoms with E-state index in [9.17, 15) is 8.42 Å². The van der Waals surface area contributed by atoms with Gasteiger partial charge in [0.05, 0.1) is 0 Å². The van der Waals surface area contributed by atoms with Crippen LogP contribution in [-0.4, -0.2) is 13.0 Å². The maximum absolute atomic E-state index is 9.49. The van der Waals surface area contributed by atoms with Crippen LogP contribution in [0.4, 0.5) is 0 Å². The minimum Gasteiger partial charge on any atom is -1.00 e. The van der Waals surface area contributed by atoms with E-state index in [0.29, 0.717) is 6.26 Å². The molecule has 0 atom stereocenters. The van der Waals surface area contributed by atoms with Gasteiger partial charge in [0.15, 0.2) is 0 Å². The summed E-state index contributed by atoms with van der Waals surface area (Å²) in [5.41, 5.74) is 0. The second kappa shape index (κ2) is 4.34. The topological polar surface area (TPSA) is 63.6 Å². The molecule has 0 saturated carbocycles. The Morgan fingerprint density at radius 3 is 2.12 bits per heavy atom. The quantitative estimate of drug-likeness (QED) is 0.258. The van der Waals surface area contributed by atoms with Gasteiger partial charge in [0.1, 0.15) is 6.26 Å². The van der Waals surface area contributed by atoms with E-state index < -0.39 is 10.4 Å². The van der Waals surface area contributed by atoms with Crippen molar-refractivity contribution in [3.8, 4) is 0 Å². The van der Waals surface area contributed by atoms with Crippen molar-refractivity contribution in [3.63, 3.8) is 0 Å². The molecule has 0 spiro atoms. The van der Waals surface area contributed by atoms with Crippen molar-refractivity contribution in [2.45, 2.75) is 0 Å². The van der Waals surface area contributed by atoms with Gasteiger partial charge in [0.25, 0.3) is 0 Å². The zero-order chi connectivity index (χ0) is 5.91. The molecule has 1 N–H and O–H groups in total. The zero-order valence-corrected chi connectivity index (χ0v) is 7.18. The summed E-state index contributed by atoms with van der Waals surface area (Å²) in [6.45, 7) is 2.88. The second-order valence-electron chi connectivity index (χ2n) is 0.691. The Balaban J connectivity index is -0.000000180. The molecule has 0 aromatic heterocycles. The van der Waals surface area contributed by atoms with E-state index in [2.05, 4.69) is 10.8 Å². The molecular weight excluding hydrogens is 143 g/mol. The van der Waals surface area contributed by atoms with E-state index in [4.69, 9.17) is 4.55 Å². The number of hydrogen-bond acceptors (Lipinski definition) is 3. The van der Waals surface area contributed by atoms with Gasteiger partial charge in [0, 0.05) is 0 Å². The molecule has 0 heterocycles. The van der Waals surface area contributed by atoms with Crippen LogP contribution in [-0.2, 0) is 14.6 Å². The van der Waals surface area contributed by atoms with Gasteiger partial charge >= 0.3 is 40.0 Å². The van der Waals surface area contributed by atoms with Gasteiger partial charge in [0.2, 0.25) is 0 Å².